The number of amides is 1. The standard InChI is InChI=1S/C25H21N5OS/c1-16-8-6-9-17(2)22(16)29-13-7-12-19(29)15-20-23(26)30-25(27-24(20)31)32-21(28-30)14-18-10-4-3-5-11-18/h3-13,15,26H,14H2,1-2H3/b20-15-,26-23?. The third-order valence-electron chi connectivity index (χ3n) is 5.45. The largest absolute Gasteiger partial charge is 0.317 e. The minimum absolute atomic E-state index is 0.0461. The second-order valence-corrected chi connectivity index (χ2v) is 8.76. The average molecular weight is 440 g/mol. The summed E-state index contributed by atoms with van der Waals surface area (Å²) in [5.74, 6) is -0.371. The van der Waals surface area contributed by atoms with Crippen LogP contribution in [-0.4, -0.2) is 31.5 Å². The Morgan fingerprint density at radius 3 is 2.50 bits per heavy atom. The highest BCUT2D eigenvalue weighted by Gasteiger charge is 2.35. The lowest BCUT2D eigenvalue weighted by Gasteiger charge is -2.20. The molecule has 1 N–H and O–H groups in total. The highest BCUT2D eigenvalue weighted by Crippen LogP contribution is 2.30. The molecule has 0 atom stereocenters. The highest BCUT2D eigenvalue weighted by atomic mass is 32.2. The molecule has 158 valence electrons. The number of thioether (sulfide) groups is 1. The third-order valence-corrected chi connectivity index (χ3v) is 6.36. The summed E-state index contributed by atoms with van der Waals surface area (Å²) < 4.78 is 2.04. The Labute approximate surface area is 190 Å². The van der Waals surface area contributed by atoms with Gasteiger partial charge in [-0.25, -0.2) is 0 Å². The molecule has 0 bridgehead atoms. The number of amidine groups is 2. The number of nitrogens with one attached hydrogen (secondary N) is 1. The van der Waals surface area contributed by atoms with E-state index in [2.05, 4.69) is 36.1 Å². The number of fused-ring (bicyclic) bond motifs is 1. The summed E-state index contributed by atoms with van der Waals surface area (Å²) in [4.78, 5) is 17.0. The molecule has 2 aliphatic heterocycles. The summed E-state index contributed by atoms with van der Waals surface area (Å²) in [5, 5.41) is 15.9. The minimum Gasteiger partial charge on any atom is -0.317 e. The topological polar surface area (TPSA) is 73.8 Å². The summed E-state index contributed by atoms with van der Waals surface area (Å²) in [6.45, 7) is 4.13. The smallest absolute Gasteiger partial charge is 0.283 e. The highest BCUT2D eigenvalue weighted by molar-refractivity contribution is 8.26. The first-order chi connectivity index (χ1) is 15.5. The van der Waals surface area contributed by atoms with Crippen LogP contribution >= 0.6 is 11.8 Å². The maximum absolute atomic E-state index is 12.8. The van der Waals surface area contributed by atoms with Gasteiger partial charge in [0.1, 0.15) is 5.04 Å². The Balaban J connectivity index is 1.48. The lowest BCUT2D eigenvalue weighted by atomic mass is 10.1. The van der Waals surface area contributed by atoms with Gasteiger partial charge in [0.05, 0.1) is 11.3 Å². The van der Waals surface area contributed by atoms with Crippen molar-refractivity contribution in [1.82, 2.24) is 9.58 Å². The number of hydrazone groups is 1. The normalized spacial score (nSPS) is 16.9. The van der Waals surface area contributed by atoms with Gasteiger partial charge < -0.3 is 4.57 Å². The molecule has 3 aromatic rings. The van der Waals surface area contributed by atoms with Gasteiger partial charge in [0.2, 0.25) is 5.17 Å². The summed E-state index contributed by atoms with van der Waals surface area (Å²) in [5.41, 5.74) is 5.51. The zero-order chi connectivity index (χ0) is 22.2. The van der Waals surface area contributed by atoms with Crippen molar-refractivity contribution < 1.29 is 4.79 Å². The Bertz CT molecular complexity index is 1310. The van der Waals surface area contributed by atoms with E-state index in [1.54, 1.807) is 6.08 Å². The van der Waals surface area contributed by atoms with Crippen LogP contribution in [0, 0.1) is 19.3 Å². The second-order valence-electron chi connectivity index (χ2n) is 7.72. The van der Waals surface area contributed by atoms with E-state index in [-0.39, 0.29) is 11.4 Å². The van der Waals surface area contributed by atoms with Crippen molar-refractivity contribution in [2.24, 2.45) is 10.1 Å². The first kappa shape index (κ1) is 20.2. The molecule has 0 unspecified atom stereocenters. The number of aliphatic imine (C=N–C) groups is 1. The van der Waals surface area contributed by atoms with E-state index in [1.165, 1.54) is 16.8 Å². The van der Waals surface area contributed by atoms with E-state index < -0.39 is 5.91 Å². The Hall–Kier alpha value is -3.71. The van der Waals surface area contributed by atoms with Gasteiger partial charge in [-0.15, -0.1) is 0 Å². The summed E-state index contributed by atoms with van der Waals surface area (Å²) in [6, 6.07) is 20.0. The molecule has 7 heteroatoms. The molecule has 5 rings (SSSR count). The first-order valence-corrected chi connectivity index (χ1v) is 11.1. The van der Waals surface area contributed by atoms with Gasteiger partial charge in [-0.1, -0.05) is 48.5 Å². The quantitative estimate of drug-likeness (QED) is 0.584. The van der Waals surface area contributed by atoms with Crippen molar-refractivity contribution in [3.63, 3.8) is 0 Å². The van der Waals surface area contributed by atoms with E-state index in [1.807, 2.05) is 59.3 Å². The maximum Gasteiger partial charge on any atom is 0.283 e. The molecule has 6 nitrogen and oxygen atoms in total. The molecule has 0 saturated heterocycles. The molecule has 1 aromatic heterocycles. The number of nitrogens with zero attached hydrogens (tertiary/aromatic N) is 4. The Morgan fingerprint density at radius 1 is 1.00 bits per heavy atom. The van der Waals surface area contributed by atoms with Crippen LogP contribution in [0.1, 0.15) is 22.4 Å². The van der Waals surface area contributed by atoms with Crippen LogP contribution in [0.3, 0.4) is 0 Å². The fourth-order valence-electron chi connectivity index (χ4n) is 3.92. The monoisotopic (exact) mass is 439 g/mol. The lowest BCUT2D eigenvalue weighted by molar-refractivity contribution is -0.114. The molecule has 0 saturated carbocycles. The number of carbonyl (C=O) groups is 1. The van der Waals surface area contributed by atoms with Crippen molar-refractivity contribution in [2.45, 2.75) is 20.3 Å². The number of benzene rings is 2. The Morgan fingerprint density at radius 2 is 1.75 bits per heavy atom. The van der Waals surface area contributed by atoms with E-state index in [4.69, 9.17) is 5.41 Å². The molecule has 1 amide bonds. The SMILES string of the molecule is Cc1cccc(C)c1-n1cccc1/C=C1/C(=N)N2N=C(Cc3ccccc3)SC2=NC1=O. The fraction of sp³-hybridized carbons (Fsp3) is 0.120. The van der Waals surface area contributed by atoms with E-state index in [0.717, 1.165) is 33.1 Å². The van der Waals surface area contributed by atoms with E-state index in [0.29, 0.717) is 11.6 Å². The van der Waals surface area contributed by atoms with Crippen LogP contribution in [0.25, 0.3) is 11.8 Å². The van der Waals surface area contributed by atoms with Crippen LogP contribution in [0.2, 0.25) is 0 Å². The molecule has 32 heavy (non-hydrogen) atoms. The van der Waals surface area contributed by atoms with Crippen molar-refractivity contribution in [3.8, 4) is 5.69 Å². The molecule has 0 radical (unpaired) electrons. The number of rotatable bonds is 4. The van der Waals surface area contributed by atoms with Crippen molar-refractivity contribution in [2.75, 3.05) is 0 Å². The van der Waals surface area contributed by atoms with Crippen LogP contribution in [0.5, 0.6) is 0 Å². The molecular weight excluding hydrogens is 418 g/mol. The summed E-state index contributed by atoms with van der Waals surface area (Å²) in [7, 11) is 0. The minimum atomic E-state index is -0.417. The maximum atomic E-state index is 12.8. The van der Waals surface area contributed by atoms with Crippen molar-refractivity contribution >= 4 is 39.8 Å². The van der Waals surface area contributed by atoms with Gasteiger partial charge in [0.25, 0.3) is 5.91 Å². The van der Waals surface area contributed by atoms with Gasteiger partial charge >= 0.3 is 0 Å². The predicted octanol–water partition coefficient (Wildman–Crippen LogP) is 4.96. The number of carbonyl (C=O) groups excluding carboxylic acids is 1. The van der Waals surface area contributed by atoms with Crippen LogP contribution in [0.15, 0.2) is 82.5 Å². The molecule has 0 fully saturated rings. The number of hydrogen-bond donors (Lipinski definition) is 1. The van der Waals surface area contributed by atoms with Gasteiger partial charge in [0, 0.05) is 18.3 Å². The van der Waals surface area contributed by atoms with Gasteiger partial charge in [-0.2, -0.15) is 15.1 Å². The van der Waals surface area contributed by atoms with Crippen LogP contribution in [-0.2, 0) is 11.2 Å². The summed E-state index contributed by atoms with van der Waals surface area (Å²) in [6.07, 6.45) is 4.33. The third kappa shape index (κ3) is 3.61. The van der Waals surface area contributed by atoms with E-state index >= 15 is 0 Å². The van der Waals surface area contributed by atoms with Crippen molar-refractivity contribution in [3.05, 3.63) is 94.8 Å². The molecule has 2 aliphatic rings. The molecule has 3 heterocycles. The van der Waals surface area contributed by atoms with Crippen LogP contribution in [0.4, 0.5) is 0 Å². The zero-order valence-corrected chi connectivity index (χ0v) is 18.6. The van der Waals surface area contributed by atoms with Gasteiger partial charge in [-0.3, -0.25) is 10.2 Å². The molecule has 0 aliphatic carbocycles. The fourth-order valence-corrected chi connectivity index (χ4v) is 4.84. The average Bonchev–Trinajstić information content (AvgIpc) is 3.39. The van der Waals surface area contributed by atoms with E-state index in [9.17, 15) is 4.79 Å². The Kier molecular flexibility index (Phi) is 5.11. The van der Waals surface area contributed by atoms with Crippen molar-refractivity contribution in [1.29, 1.82) is 5.41 Å². The molecule has 0 spiro atoms. The number of hydrogen-bond acceptors (Lipinski definition) is 4. The zero-order valence-electron chi connectivity index (χ0n) is 17.7. The second kappa shape index (κ2) is 8.09. The number of para-hydroxylation sites is 1. The van der Waals surface area contributed by atoms with Gasteiger partial charge in [0.15, 0.2) is 5.84 Å². The number of aryl methyl sites for hydroxylation is 2. The first-order valence-electron chi connectivity index (χ1n) is 10.3. The summed E-state index contributed by atoms with van der Waals surface area (Å²) >= 11 is 1.34. The van der Waals surface area contributed by atoms with Gasteiger partial charge in [-0.05, 0) is 60.5 Å². The molecular formula is C25H21N5OS. The predicted molar refractivity (Wildman–Crippen MR) is 130 cm³/mol. The lowest BCUT2D eigenvalue weighted by Crippen LogP contribution is -2.35. The molecule has 2 aromatic carbocycles. The number of aromatic nitrogens is 1. The van der Waals surface area contributed by atoms with Crippen LogP contribution < -0.4 is 0 Å².